The quantitative estimate of drug-likeness (QED) is 0.281. The number of aryl methyl sites for hydroxylation is 2. The topological polar surface area (TPSA) is 96.0 Å². The molecule has 3 rings (SSSR count). The number of methoxy groups -OCH3 is 1. The number of amides is 2. The first-order chi connectivity index (χ1) is 19.5. The van der Waals surface area contributed by atoms with E-state index in [0.29, 0.717) is 18.0 Å². The van der Waals surface area contributed by atoms with Crippen LogP contribution in [0.15, 0.2) is 72.8 Å². The molecule has 0 aromatic heterocycles. The molecule has 0 bridgehead atoms. The van der Waals surface area contributed by atoms with Crippen molar-refractivity contribution in [2.24, 2.45) is 0 Å². The summed E-state index contributed by atoms with van der Waals surface area (Å²) in [5.74, 6) is -0.140. The summed E-state index contributed by atoms with van der Waals surface area (Å²) >= 11 is 0. The van der Waals surface area contributed by atoms with Crippen LogP contribution in [0.3, 0.4) is 0 Å². The highest BCUT2D eigenvalue weighted by atomic mass is 32.2. The summed E-state index contributed by atoms with van der Waals surface area (Å²) in [7, 11) is -2.27. The van der Waals surface area contributed by atoms with Gasteiger partial charge in [0.25, 0.3) is 0 Å². The van der Waals surface area contributed by atoms with E-state index >= 15 is 0 Å². The summed E-state index contributed by atoms with van der Waals surface area (Å²) in [6.07, 6.45) is 3.09. The minimum absolute atomic E-state index is 0.0963. The van der Waals surface area contributed by atoms with Crippen molar-refractivity contribution in [1.82, 2.24) is 10.2 Å². The SMILES string of the molecule is CCCCNC(=O)C(Cc1ccccc1)N(Cc1cccc(OC)c1)C(=O)CN(c1c(C)cccc1C)S(C)(=O)=O. The van der Waals surface area contributed by atoms with Gasteiger partial charge in [-0.15, -0.1) is 0 Å². The second kappa shape index (κ2) is 14.7. The molecule has 9 heteroatoms. The van der Waals surface area contributed by atoms with Crippen LogP contribution in [0.25, 0.3) is 0 Å². The van der Waals surface area contributed by atoms with Crippen molar-refractivity contribution in [3.63, 3.8) is 0 Å². The Hall–Kier alpha value is -3.85. The van der Waals surface area contributed by atoms with E-state index in [9.17, 15) is 18.0 Å². The summed E-state index contributed by atoms with van der Waals surface area (Å²) in [6, 6.07) is 21.4. The second-order valence-corrected chi connectivity index (χ2v) is 12.1. The Morgan fingerprint density at radius 3 is 2.17 bits per heavy atom. The fourth-order valence-electron chi connectivity index (χ4n) is 4.80. The molecule has 220 valence electrons. The molecular formula is C32H41N3O5S. The number of nitrogens with zero attached hydrogens (tertiary/aromatic N) is 2. The normalized spacial score (nSPS) is 11.9. The van der Waals surface area contributed by atoms with Crippen molar-refractivity contribution in [3.8, 4) is 5.75 Å². The lowest BCUT2D eigenvalue weighted by molar-refractivity contribution is -0.140. The van der Waals surface area contributed by atoms with E-state index < -0.39 is 28.5 Å². The molecule has 0 aliphatic heterocycles. The Morgan fingerprint density at radius 2 is 1.56 bits per heavy atom. The van der Waals surface area contributed by atoms with Gasteiger partial charge in [0, 0.05) is 19.5 Å². The molecule has 0 fully saturated rings. The summed E-state index contributed by atoms with van der Waals surface area (Å²) in [5, 5.41) is 2.99. The van der Waals surface area contributed by atoms with Gasteiger partial charge in [-0.25, -0.2) is 8.42 Å². The highest BCUT2D eigenvalue weighted by Gasteiger charge is 2.33. The first-order valence-corrected chi connectivity index (χ1v) is 15.7. The molecule has 3 aromatic carbocycles. The first kappa shape index (κ1) is 31.7. The lowest BCUT2D eigenvalue weighted by Gasteiger charge is -2.34. The molecule has 1 atom stereocenters. The number of carbonyl (C=O) groups excluding carboxylic acids is 2. The highest BCUT2D eigenvalue weighted by molar-refractivity contribution is 7.92. The van der Waals surface area contributed by atoms with Crippen LogP contribution in [0.5, 0.6) is 5.75 Å². The Kier molecular flexibility index (Phi) is 11.3. The Bertz CT molecular complexity index is 1410. The zero-order valence-electron chi connectivity index (χ0n) is 24.6. The first-order valence-electron chi connectivity index (χ1n) is 13.8. The third-order valence-electron chi connectivity index (χ3n) is 6.96. The summed E-state index contributed by atoms with van der Waals surface area (Å²) in [5.41, 5.74) is 3.59. The van der Waals surface area contributed by atoms with Crippen LogP contribution >= 0.6 is 0 Å². The van der Waals surface area contributed by atoms with Crippen molar-refractivity contribution in [3.05, 3.63) is 95.1 Å². The number of para-hydroxylation sites is 1. The van der Waals surface area contributed by atoms with Crippen molar-refractivity contribution < 1.29 is 22.7 Å². The molecule has 0 saturated carbocycles. The lowest BCUT2D eigenvalue weighted by atomic mass is 10.0. The molecule has 0 heterocycles. The largest absolute Gasteiger partial charge is 0.497 e. The van der Waals surface area contributed by atoms with Crippen LogP contribution in [0, 0.1) is 13.8 Å². The van der Waals surface area contributed by atoms with Crippen LogP contribution < -0.4 is 14.4 Å². The van der Waals surface area contributed by atoms with Gasteiger partial charge in [-0.3, -0.25) is 13.9 Å². The van der Waals surface area contributed by atoms with Crippen LogP contribution in [-0.4, -0.2) is 57.6 Å². The monoisotopic (exact) mass is 579 g/mol. The molecule has 0 saturated heterocycles. The van der Waals surface area contributed by atoms with Gasteiger partial charge in [0.05, 0.1) is 19.1 Å². The van der Waals surface area contributed by atoms with E-state index in [1.165, 1.54) is 4.90 Å². The number of benzene rings is 3. The van der Waals surface area contributed by atoms with Crippen LogP contribution in [0.4, 0.5) is 5.69 Å². The Labute approximate surface area is 244 Å². The zero-order chi connectivity index (χ0) is 30.0. The van der Waals surface area contributed by atoms with E-state index in [-0.39, 0.29) is 18.9 Å². The van der Waals surface area contributed by atoms with Crippen molar-refractivity contribution in [2.45, 2.75) is 52.6 Å². The van der Waals surface area contributed by atoms with Crippen molar-refractivity contribution in [2.75, 3.05) is 30.8 Å². The van der Waals surface area contributed by atoms with E-state index in [4.69, 9.17) is 4.74 Å². The molecule has 1 unspecified atom stereocenters. The van der Waals surface area contributed by atoms with Crippen molar-refractivity contribution in [1.29, 1.82) is 0 Å². The van der Waals surface area contributed by atoms with Gasteiger partial charge in [0.2, 0.25) is 21.8 Å². The molecule has 0 spiro atoms. The number of anilines is 1. The molecule has 3 aromatic rings. The molecule has 1 N–H and O–H groups in total. The van der Waals surface area contributed by atoms with Gasteiger partial charge in [0.1, 0.15) is 18.3 Å². The number of ether oxygens (including phenoxy) is 1. The van der Waals surface area contributed by atoms with E-state index in [2.05, 4.69) is 5.32 Å². The van der Waals surface area contributed by atoms with E-state index in [1.54, 1.807) is 13.2 Å². The van der Waals surface area contributed by atoms with Gasteiger partial charge in [-0.05, 0) is 54.7 Å². The molecule has 2 amide bonds. The van der Waals surface area contributed by atoms with E-state index in [0.717, 1.165) is 45.7 Å². The summed E-state index contributed by atoms with van der Waals surface area (Å²) < 4.78 is 32.7. The number of hydrogen-bond acceptors (Lipinski definition) is 5. The van der Waals surface area contributed by atoms with Gasteiger partial charge < -0.3 is 15.0 Å². The smallest absolute Gasteiger partial charge is 0.244 e. The van der Waals surface area contributed by atoms with Gasteiger partial charge in [-0.2, -0.15) is 0 Å². The average molecular weight is 580 g/mol. The van der Waals surface area contributed by atoms with Crippen LogP contribution in [0.1, 0.15) is 42.0 Å². The molecule has 0 aliphatic rings. The molecule has 0 radical (unpaired) electrons. The number of sulfonamides is 1. The Morgan fingerprint density at radius 1 is 0.927 bits per heavy atom. The van der Waals surface area contributed by atoms with Gasteiger partial charge in [0.15, 0.2) is 0 Å². The van der Waals surface area contributed by atoms with E-state index in [1.807, 2.05) is 87.5 Å². The number of hydrogen-bond donors (Lipinski definition) is 1. The second-order valence-electron chi connectivity index (χ2n) is 10.2. The fourth-order valence-corrected chi connectivity index (χ4v) is 5.77. The average Bonchev–Trinajstić information content (AvgIpc) is 2.94. The van der Waals surface area contributed by atoms with Gasteiger partial charge >= 0.3 is 0 Å². The lowest BCUT2D eigenvalue weighted by Crippen LogP contribution is -2.53. The maximum atomic E-state index is 14.2. The Balaban J connectivity index is 2.08. The fraction of sp³-hybridized carbons (Fsp3) is 0.375. The molecule has 41 heavy (non-hydrogen) atoms. The number of unbranched alkanes of at least 4 members (excludes halogenated alkanes) is 1. The van der Waals surface area contributed by atoms with Crippen LogP contribution in [0.2, 0.25) is 0 Å². The predicted molar refractivity (Wildman–Crippen MR) is 164 cm³/mol. The predicted octanol–water partition coefficient (Wildman–Crippen LogP) is 4.63. The number of rotatable bonds is 14. The van der Waals surface area contributed by atoms with Crippen LogP contribution in [-0.2, 0) is 32.6 Å². The third kappa shape index (κ3) is 8.82. The maximum absolute atomic E-state index is 14.2. The minimum atomic E-state index is -3.83. The maximum Gasteiger partial charge on any atom is 0.244 e. The molecule has 0 aliphatic carbocycles. The van der Waals surface area contributed by atoms with Gasteiger partial charge in [-0.1, -0.05) is 74.0 Å². The minimum Gasteiger partial charge on any atom is -0.497 e. The standard InChI is InChI=1S/C32H41N3O5S/c1-6-7-19-33-32(37)29(21-26-15-9-8-10-16-26)34(22-27-17-12-18-28(20-27)40-4)30(36)23-35(41(5,38)39)31-24(2)13-11-14-25(31)3/h8-18,20,29H,6-7,19,21-23H2,1-5H3,(H,33,37). The third-order valence-corrected chi connectivity index (χ3v) is 8.07. The highest BCUT2D eigenvalue weighted by Crippen LogP contribution is 2.27. The zero-order valence-corrected chi connectivity index (χ0v) is 25.4. The van der Waals surface area contributed by atoms with Crippen molar-refractivity contribution >= 4 is 27.5 Å². The number of nitrogens with one attached hydrogen (secondary N) is 1. The molecule has 8 nitrogen and oxygen atoms in total. The summed E-state index contributed by atoms with van der Waals surface area (Å²) in [6.45, 7) is 5.82. The summed E-state index contributed by atoms with van der Waals surface area (Å²) in [4.78, 5) is 29.4. The number of carbonyl (C=O) groups is 2. The molecular weight excluding hydrogens is 538 g/mol.